The fourth-order valence-electron chi connectivity index (χ4n) is 2.57. The summed E-state index contributed by atoms with van der Waals surface area (Å²) in [5, 5.41) is 6.99. The molecule has 0 fully saturated rings. The van der Waals surface area contributed by atoms with Gasteiger partial charge in [-0.3, -0.25) is 9.59 Å². The Morgan fingerprint density at radius 3 is 2.32 bits per heavy atom. The van der Waals surface area contributed by atoms with E-state index in [1.54, 1.807) is 37.4 Å². The van der Waals surface area contributed by atoms with E-state index in [1.807, 2.05) is 31.2 Å². The minimum atomic E-state index is -0.278. The Morgan fingerprint density at radius 2 is 1.68 bits per heavy atom. The van der Waals surface area contributed by atoms with Gasteiger partial charge in [0.25, 0.3) is 11.5 Å². The minimum Gasteiger partial charge on any atom is -0.490 e. The summed E-state index contributed by atoms with van der Waals surface area (Å²) in [5.41, 5.74) is 1.99. The van der Waals surface area contributed by atoms with Crippen molar-refractivity contribution in [2.75, 3.05) is 18.5 Å². The van der Waals surface area contributed by atoms with Gasteiger partial charge in [-0.25, -0.2) is 4.68 Å². The summed E-state index contributed by atoms with van der Waals surface area (Å²) in [4.78, 5) is 23.6. The molecule has 1 amide bonds. The Kier molecular flexibility index (Phi) is 6.06. The summed E-state index contributed by atoms with van der Waals surface area (Å²) in [6.07, 6.45) is 0. The fraction of sp³-hybridized carbons (Fsp3) is 0.190. The molecule has 1 N–H and O–H groups in total. The third-order valence-electron chi connectivity index (χ3n) is 3.93. The lowest BCUT2D eigenvalue weighted by Gasteiger charge is -2.12. The second-order valence-corrected chi connectivity index (χ2v) is 5.97. The molecule has 7 nitrogen and oxygen atoms in total. The molecule has 0 aliphatic carbocycles. The summed E-state index contributed by atoms with van der Waals surface area (Å²) in [6, 6.07) is 17.6. The fourth-order valence-corrected chi connectivity index (χ4v) is 2.57. The van der Waals surface area contributed by atoms with Gasteiger partial charge in [-0.15, -0.1) is 0 Å². The van der Waals surface area contributed by atoms with Crippen LogP contribution in [0.25, 0.3) is 11.3 Å². The van der Waals surface area contributed by atoms with Crippen LogP contribution in [-0.4, -0.2) is 28.9 Å². The third-order valence-corrected chi connectivity index (χ3v) is 3.93. The zero-order chi connectivity index (χ0) is 19.9. The Balaban J connectivity index is 1.60. The minimum absolute atomic E-state index is 0.131. The van der Waals surface area contributed by atoms with Gasteiger partial charge in [0, 0.05) is 24.4 Å². The van der Waals surface area contributed by atoms with Gasteiger partial charge in [-0.05, 0) is 37.3 Å². The number of amides is 1. The van der Waals surface area contributed by atoms with Crippen molar-refractivity contribution < 1.29 is 14.3 Å². The molecular formula is C21H21N3O4. The van der Waals surface area contributed by atoms with E-state index >= 15 is 0 Å². The van der Waals surface area contributed by atoms with Crippen molar-refractivity contribution in [1.29, 1.82) is 0 Å². The molecule has 0 aliphatic heterocycles. The first-order valence-electron chi connectivity index (χ1n) is 8.86. The summed E-state index contributed by atoms with van der Waals surface area (Å²) < 4.78 is 12.3. The molecule has 144 valence electrons. The standard InChI is InChI=1S/C21H21N3O4/c1-3-27-18-6-4-5-7-19(18)28-14-20(25)22-16-10-8-15(9-11-16)17-12-13-21(26)24(2)23-17/h4-13H,3,14H2,1-2H3,(H,22,25). The monoisotopic (exact) mass is 379 g/mol. The normalized spacial score (nSPS) is 10.4. The van der Waals surface area contributed by atoms with Gasteiger partial charge < -0.3 is 14.8 Å². The van der Waals surface area contributed by atoms with Gasteiger partial charge in [0.15, 0.2) is 18.1 Å². The van der Waals surface area contributed by atoms with E-state index in [2.05, 4.69) is 10.4 Å². The number of nitrogens with one attached hydrogen (secondary N) is 1. The zero-order valence-electron chi connectivity index (χ0n) is 15.7. The number of aryl methyl sites for hydroxylation is 1. The van der Waals surface area contributed by atoms with Crippen LogP contribution < -0.4 is 20.3 Å². The van der Waals surface area contributed by atoms with E-state index in [-0.39, 0.29) is 18.1 Å². The smallest absolute Gasteiger partial charge is 0.266 e. The van der Waals surface area contributed by atoms with Crippen LogP contribution in [0.4, 0.5) is 5.69 Å². The highest BCUT2D eigenvalue weighted by Crippen LogP contribution is 2.26. The highest BCUT2D eigenvalue weighted by atomic mass is 16.5. The molecule has 0 saturated heterocycles. The van der Waals surface area contributed by atoms with Gasteiger partial charge in [-0.1, -0.05) is 24.3 Å². The van der Waals surface area contributed by atoms with Crippen molar-refractivity contribution >= 4 is 11.6 Å². The van der Waals surface area contributed by atoms with Gasteiger partial charge in [0.1, 0.15) is 0 Å². The number of nitrogens with zero attached hydrogens (tertiary/aromatic N) is 2. The molecule has 0 atom stereocenters. The Hall–Kier alpha value is -3.61. The van der Waals surface area contributed by atoms with Crippen molar-refractivity contribution in [2.45, 2.75) is 6.92 Å². The largest absolute Gasteiger partial charge is 0.490 e. The van der Waals surface area contributed by atoms with Crippen molar-refractivity contribution in [3.63, 3.8) is 0 Å². The molecule has 1 aromatic heterocycles. The second-order valence-electron chi connectivity index (χ2n) is 5.97. The van der Waals surface area contributed by atoms with Crippen LogP contribution in [0.1, 0.15) is 6.92 Å². The lowest BCUT2D eigenvalue weighted by molar-refractivity contribution is -0.118. The summed E-state index contributed by atoms with van der Waals surface area (Å²) in [6.45, 7) is 2.27. The SMILES string of the molecule is CCOc1ccccc1OCC(=O)Nc1ccc(-c2ccc(=O)n(C)n2)cc1. The van der Waals surface area contributed by atoms with E-state index in [1.165, 1.54) is 10.7 Å². The lowest BCUT2D eigenvalue weighted by atomic mass is 10.1. The Morgan fingerprint density at radius 1 is 1.00 bits per heavy atom. The first-order valence-corrected chi connectivity index (χ1v) is 8.86. The Bertz CT molecular complexity index is 1010. The van der Waals surface area contributed by atoms with Crippen molar-refractivity contribution in [2.24, 2.45) is 7.05 Å². The van der Waals surface area contributed by atoms with Gasteiger partial charge >= 0.3 is 0 Å². The maximum atomic E-state index is 12.2. The first kappa shape index (κ1) is 19.2. The number of ether oxygens (including phenoxy) is 2. The van der Waals surface area contributed by atoms with Crippen LogP contribution in [0.5, 0.6) is 11.5 Å². The maximum Gasteiger partial charge on any atom is 0.266 e. The predicted octanol–water partition coefficient (Wildman–Crippen LogP) is 2.86. The number of carbonyl (C=O) groups is 1. The van der Waals surface area contributed by atoms with E-state index in [4.69, 9.17) is 9.47 Å². The number of hydrogen-bond donors (Lipinski definition) is 1. The van der Waals surface area contributed by atoms with Crippen LogP contribution >= 0.6 is 0 Å². The summed E-state index contributed by atoms with van der Waals surface area (Å²) in [5.74, 6) is 0.849. The van der Waals surface area contributed by atoms with Gasteiger partial charge in [0.05, 0.1) is 12.3 Å². The molecule has 7 heteroatoms. The predicted molar refractivity (Wildman–Crippen MR) is 107 cm³/mol. The molecule has 0 radical (unpaired) electrons. The maximum absolute atomic E-state index is 12.2. The van der Waals surface area contributed by atoms with E-state index in [9.17, 15) is 9.59 Å². The lowest BCUT2D eigenvalue weighted by Crippen LogP contribution is -2.20. The molecule has 0 saturated carbocycles. The van der Waals surface area contributed by atoms with Crippen molar-refractivity contribution in [1.82, 2.24) is 9.78 Å². The highest BCUT2D eigenvalue weighted by Gasteiger charge is 2.08. The molecule has 2 aromatic carbocycles. The molecule has 3 aromatic rings. The molecule has 0 bridgehead atoms. The van der Waals surface area contributed by atoms with Crippen LogP contribution in [-0.2, 0) is 11.8 Å². The van der Waals surface area contributed by atoms with E-state index < -0.39 is 0 Å². The van der Waals surface area contributed by atoms with E-state index in [0.29, 0.717) is 29.5 Å². The summed E-state index contributed by atoms with van der Waals surface area (Å²) >= 11 is 0. The molecule has 1 heterocycles. The van der Waals surface area contributed by atoms with Crippen molar-refractivity contribution in [3.8, 4) is 22.8 Å². The average molecular weight is 379 g/mol. The van der Waals surface area contributed by atoms with Crippen molar-refractivity contribution in [3.05, 3.63) is 71.0 Å². The third kappa shape index (κ3) is 4.76. The Labute approximate surface area is 162 Å². The highest BCUT2D eigenvalue weighted by molar-refractivity contribution is 5.92. The molecule has 28 heavy (non-hydrogen) atoms. The number of carbonyl (C=O) groups excluding carboxylic acids is 1. The molecule has 0 aliphatic rings. The van der Waals surface area contributed by atoms with Crippen LogP contribution in [0.2, 0.25) is 0 Å². The first-order chi connectivity index (χ1) is 13.6. The molecular weight excluding hydrogens is 358 g/mol. The number of benzene rings is 2. The second kappa shape index (κ2) is 8.85. The van der Waals surface area contributed by atoms with Crippen LogP contribution in [0.15, 0.2) is 65.5 Å². The number of para-hydroxylation sites is 2. The van der Waals surface area contributed by atoms with Gasteiger partial charge in [0.2, 0.25) is 0 Å². The van der Waals surface area contributed by atoms with Crippen LogP contribution in [0, 0.1) is 0 Å². The number of rotatable bonds is 7. The molecule has 0 unspecified atom stereocenters. The quantitative estimate of drug-likeness (QED) is 0.683. The number of aromatic nitrogens is 2. The number of anilines is 1. The topological polar surface area (TPSA) is 82.5 Å². The van der Waals surface area contributed by atoms with Crippen LogP contribution in [0.3, 0.4) is 0 Å². The zero-order valence-corrected chi connectivity index (χ0v) is 15.7. The molecule has 3 rings (SSSR count). The van der Waals surface area contributed by atoms with E-state index in [0.717, 1.165) is 5.56 Å². The average Bonchev–Trinajstić information content (AvgIpc) is 2.70. The summed E-state index contributed by atoms with van der Waals surface area (Å²) in [7, 11) is 1.60. The molecule has 0 spiro atoms. The van der Waals surface area contributed by atoms with Gasteiger partial charge in [-0.2, -0.15) is 5.10 Å². The number of hydrogen-bond acceptors (Lipinski definition) is 5.